The minimum Gasteiger partial charge on any atom is -0.398 e. The van der Waals surface area contributed by atoms with Crippen LogP contribution in [-0.2, 0) is 10.0 Å². The van der Waals surface area contributed by atoms with Crippen molar-refractivity contribution in [2.75, 3.05) is 18.0 Å². The summed E-state index contributed by atoms with van der Waals surface area (Å²) in [5.41, 5.74) is 5.44. The van der Waals surface area contributed by atoms with Crippen molar-refractivity contribution >= 4 is 27.5 Å². The van der Waals surface area contributed by atoms with Gasteiger partial charge in [-0.15, -0.1) is 11.8 Å². The molecule has 112 valence electrons. The van der Waals surface area contributed by atoms with Crippen molar-refractivity contribution in [1.29, 1.82) is 0 Å². The molecule has 3 N–H and O–H groups in total. The molecule has 4 nitrogen and oxygen atoms in total. The Morgan fingerprint density at radius 2 is 1.86 bits per heavy atom. The lowest BCUT2D eigenvalue weighted by molar-refractivity contribution is 0.584. The van der Waals surface area contributed by atoms with Gasteiger partial charge in [0, 0.05) is 17.2 Å². The number of sulfonamides is 1. The van der Waals surface area contributed by atoms with Gasteiger partial charge in [0.25, 0.3) is 0 Å². The van der Waals surface area contributed by atoms with E-state index in [9.17, 15) is 12.8 Å². The largest absolute Gasteiger partial charge is 0.398 e. The van der Waals surface area contributed by atoms with Gasteiger partial charge in [-0.2, -0.15) is 0 Å². The van der Waals surface area contributed by atoms with Crippen molar-refractivity contribution in [3.05, 3.63) is 54.3 Å². The summed E-state index contributed by atoms with van der Waals surface area (Å²) in [6.07, 6.45) is 0. The summed E-state index contributed by atoms with van der Waals surface area (Å²) in [5.74, 6) is 0.0238. The van der Waals surface area contributed by atoms with Crippen LogP contribution in [0.25, 0.3) is 0 Å². The van der Waals surface area contributed by atoms with E-state index in [0.29, 0.717) is 5.75 Å². The van der Waals surface area contributed by atoms with Gasteiger partial charge in [-0.05, 0) is 30.3 Å². The van der Waals surface area contributed by atoms with Gasteiger partial charge in [-0.1, -0.05) is 18.2 Å². The molecular formula is C14H15FN2O2S2. The zero-order chi connectivity index (χ0) is 15.3. The van der Waals surface area contributed by atoms with E-state index in [0.717, 1.165) is 23.1 Å². The molecule has 0 spiro atoms. The second-order valence-corrected chi connectivity index (χ2v) is 7.15. The van der Waals surface area contributed by atoms with Crippen molar-refractivity contribution in [1.82, 2.24) is 4.72 Å². The highest BCUT2D eigenvalue weighted by Crippen LogP contribution is 2.19. The van der Waals surface area contributed by atoms with Gasteiger partial charge in [-0.25, -0.2) is 17.5 Å². The summed E-state index contributed by atoms with van der Waals surface area (Å²) in [5, 5.41) is 0. The Morgan fingerprint density at radius 1 is 1.14 bits per heavy atom. The van der Waals surface area contributed by atoms with Crippen LogP contribution >= 0.6 is 11.8 Å². The number of nitrogens with two attached hydrogens (primary N) is 1. The molecule has 0 fully saturated rings. The highest BCUT2D eigenvalue weighted by Gasteiger charge is 2.17. The highest BCUT2D eigenvalue weighted by atomic mass is 32.2. The molecule has 2 rings (SSSR count). The van der Waals surface area contributed by atoms with Crippen molar-refractivity contribution in [2.45, 2.75) is 9.79 Å². The average Bonchev–Trinajstić information content (AvgIpc) is 2.44. The van der Waals surface area contributed by atoms with Crippen LogP contribution in [0.4, 0.5) is 10.1 Å². The summed E-state index contributed by atoms with van der Waals surface area (Å²) in [6.45, 7) is 0.263. The van der Waals surface area contributed by atoms with E-state index < -0.39 is 15.8 Å². The van der Waals surface area contributed by atoms with Crippen molar-refractivity contribution in [3.8, 4) is 0 Å². The number of hydrogen-bond acceptors (Lipinski definition) is 4. The molecule has 0 aliphatic heterocycles. The Morgan fingerprint density at radius 3 is 2.52 bits per heavy atom. The number of nitrogen functional groups attached to an aromatic ring is 1. The molecule has 7 heteroatoms. The molecule has 0 aliphatic rings. The molecule has 21 heavy (non-hydrogen) atoms. The van der Waals surface area contributed by atoms with E-state index in [2.05, 4.69) is 4.72 Å². The van der Waals surface area contributed by atoms with E-state index in [1.807, 2.05) is 30.3 Å². The topological polar surface area (TPSA) is 72.2 Å². The summed E-state index contributed by atoms with van der Waals surface area (Å²) >= 11 is 1.54. The number of hydrogen-bond donors (Lipinski definition) is 2. The Labute approximate surface area is 127 Å². The van der Waals surface area contributed by atoms with Crippen molar-refractivity contribution < 1.29 is 12.8 Å². The lowest BCUT2D eigenvalue weighted by Crippen LogP contribution is -2.26. The molecule has 0 bridgehead atoms. The number of thioether (sulfide) groups is 1. The standard InChI is InChI=1S/C14H15FN2O2S2/c15-11-6-7-14(13(16)10-11)21(18,19)17-8-9-20-12-4-2-1-3-5-12/h1-7,10,17H,8-9,16H2. The van der Waals surface area contributed by atoms with E-state index in [1.54, 1.807) is 11.8 Å². The van der Waals surface area contributed by atoms with E-state index in [4.69, 9.17) is 5.73 Å². The van der Waals surface area contributed by atoms with Gasteiger partial charge in [0.2, 0.25) is 10.0 Å². The zero-order valence-electron chi connectivity index (χ0n) is 11.1. The number of benzene rings is 2. The number of nitrogens with one attached hydrogen (secondary N) is 1. The fraction of sp³-hybridized carbons (Fsp3) is 0.143. The molecular weight excluding hydrogens is 311 g/mol. The number of anilines is 1. The van der Waals surface area contributed by atoms with Crippen LogP contribution in [-0.4, -0.2) is 20.7 Å². The number of rotatable bonds is 6. The van der Waals surface area contributed by atoms with Gasteiger partial charge in [0.1, 0.15) is 10.7 Å². The van der Waals surface area contributed by atoms with Gasteiger partial charge < -0.3 is 5.73 Å². The second-order valence-electron chi connectivity index (χ2n) is 4.24. The molecule has 0 unspecified atom stereocenters. The molecule has 0 aromatic heterocycles. The predicted octanol–water partition coefficient (Wildman–Crippen LogP) is 2.48. The second kappa shape index (κ2) is 6.93. The minimum absolute atomic E-state index is 0.0989. The van der Waals surface area contributed by atoms with Gasteiger partial charge >= 0.3 is 0 Å². The van der Waals surface area contributed by atoms with Crippen LogP contribution in [0.15, 0.2) is 58.3 Å². The van der Waals surface area contributed by atoms with Crippen LogP contribution in [0.2, 0.25) is 0 Å². The first-order valence-electron chi connectivity index (χ1n) is 6.21. The highest BCUT2D eigenvalue weighted by molar-refractivity contribution is 7.99. The van der Waals surface area contributed by atoms with E-state index in [1.165, 1.54) is 0 Å². The monoisotopic (exact) mass is 326 g/mol. The molecule has 0 amide bonds. The summed E-state index contributed by atoms with van der Waals surface area (Å²) in [7, 11) is -3.72. The molecule has 0 atom stereocenters. The molecule has 0 aliphatic carbocycles. The maximum atomic E-state index is 12.9. The Kier molecular flexibility index (Phi) is 5.22. The van der Waals surface area contributed by atoms with Crippen LogP contribution in [0, 0.1) is 5.82 Å². The van der Waals surface area contributed by atoms with Gasteiger partial charge in [-0.3, -0.25) is 0 Å². The Balaban J connectivity index is 1.92. The molecule has 2 aromatic rings. The van der Waals surface area contributed by atoms with E-state index in [-0.39, 0.29) is 17.1 Å². The predicted molar refractivity (Wildman–Crippen MR) is 83.2 cm³/mol. The minimum atomic E-state index is -3.72. The van der Waals surface area contributed by atoms with Crippen LogP contribution < -0.4 is 10.5 Å². The molecule has 0 heterocycles. The smallest absolute Gasteiger partial charge is 0.242 e. The Hall–Kier alpha value is -1.57. The third-order valence-electron chi connectivity index (χ3n) is 2.67. The quantitative estimate of drug-likeness (QED) is 0.486. The third-order valence-corrected chi connectivity index (χ3v) is 5.22. The first-order valence-corrected chi connectivity index (χ1v) is 8.68. The number of halogens is 1. The lowest BCUT2D eigenvalue weighted by atomic mass is 10.3. The maximum Gasteiger partial charge on any atom is 0.242 e. The summed E-state index contributed by atoms with van der Waals surface area (Å²) in [4.78, 5) is 0.964. The average molecular weight is 326 g/mol. The van der Waals surface area contributed by atoms with Gasteiger partial charge in [0.15, 0.2) is 0 Å². The normalized spacial score (nSPS) is 11.5. The van der Waals surface area contributed by atoms with Crippen LogP contribution in [0.5, 0.6) is 0 Å². The summed E-state index contributed by atoms with van der Waals surface area (Å²) in [6, 6.07) is 12.9. The zero-order valence-corrected chi connectivity index (χ0v) is 12.8. The maximum absolute atomic E-state index is 12.9. The van der Waals surface area contributed by atoms with Gasteiger partial charge in [0.05, 0.1) is 5.69 Å². The first kappa shape index (κ1) is 15.8. The lowest BCUT2D eigenvalue weighted by Gasteiger charge is -2.09. The van der Waals surface area contributed by atoms with Crippen LogP contribution in [0.3, 0.4) is 0 Å². The van der Waals surface area contributed by atoms with Crippen molar-refractivity contribution in [2.24, 2.45) is 0 Å². The molecule has 0 radical (unpaired) electrons. The van der Waals surface area contributed by atoms with Crippen molar-refractivity contribution in [3.63, 3.8) is 0 Å². The first-order chi connectivity index (χ1) is 9.99. The SMILES string of the molecule is Nc1cc(F)ccc1S(=O)(=O)NCCSc1ccccc1. The summed E-state index contributed by atoms with van der Waals surface area (Å²) < 4.78 is 39.5. The van der Waals surface area contributed by atoms with Crippen LogP contribution in [0.1, 0.15) is 0 Å². The Bertz CT molecular complexity index is 706. The fourth-order valence-corrected chi connectivity index (χ4v) is 3.76. The third kappa shape index (κ3) is 4.45. The molecule has 2 aromatic carbocycles. The molecule has 0 saturated heterocycles. The molecule has 0 saturated carbocycles. The fourth-order valence-electron chi connectivity index (χ4n) is 1.70. The van der Waals surface area contributed by atoms with E-state index >= 15 is 0 Å².